The summed E-state index contributed by atoms with van der Waals surface area (Å²) in [4.78, 5) is 4.49. The Labute approximate surface area is 170 Å². The predicted molar refractivity (Wildman–Crippen MR) is 115 cm³/mol. The van der Waals surface area contributed by atoms with Crippen LogP contribution >= 0.6 is 24.0 Å². The maximum atomic E-state index is 6.32. The molecule has 1 fully saturated rings. The quantitative estimate of drug-likeness (QED) is 0.604. The van der Waals surface area contributed by atoms with E-state index in [0.29, 0.717) is 11.1 Å². The highest BCUT2D eigenvalue weighted by Crippen LogP contribution is 2.28. The van der Waals surface area contributed by atoms with Crippen LogP contribution in [0.3, 0.4) is 0 Å². The smallest absolute Gasteiger partial charge is 0.130 e. The number of fused-ring (bicyclic) bond motifs is 1. The van der Waals surface area contributed by atoms with Crippen LogP contribution in [0.4, 0.5) is 11.5 Å². The van der Waals surface area contributed by atoms with E-state index in [1.807, 2.05) is 43.5 Å². The third kappa shape index (κ3) is 4.83. The summed E-state index contributed by atoms with van der Waals surface area (Å²) in [5.74, 6) is 1.68. The molecular weight excluding hydrogens is 381 g/mol. The molecule has 2 N–H and O–H groups in total. The van der Waals surface area contributed by atoms with Gasteiger partial charge in [0, 0.05) is 11.6 Å². The summed E-state index contributed by atoms with van der Waals surface area (Å²) in [6.45, 7) is 4.06. The van der Waals surface area contributed by atoms with Gasteiger partial charge in [-0.25, -0.2) is 4.98 Å². The van der Waals surface area contributed by atoms with Gasteiger partial charge in [0.2, 0.25) is 0 Å². The second-order valence-corrected chi connectivity index (χ2v) is 7.16. The SMILES string of the molecule is Cc1ccc(Nc2cc3cc(OC4CCNCC4)ccc3cn2)c(Cl)c1.Cl. The Hall–Kier alpha value is -2.01. The van der Waals surface area contributed by atoms with Crippen LogP contribution in [0.25, 0.3) is 10.8 Å². The van der Waals surface area contributed by atoms with Crippen molar-refractivity contribution in [3.05, 3.63) is 59.2 Å². The van der Waals surface area contributed by atoms with Crippen molar-refractivity contribution in [2.45, 2.75) is 25.9 Å². The number of benzene rings is 2. The Morgan fingerprint density at radius 1 is 1.07 bits per heavy atom. The van der Waals surface area contributed by atoms with Crippen molar-refractivity contribution < 1.29 is 4.74 Å². The average Bonchev–Trinajstić information content (AvgIpc) is 2.65. The van der Waals surface area contributed by atoms with Gasteiger partial charge in [0.05, 0.1) is 10.7 Å². The second-order valence-electron chi connectivity index (χ2n) is 6.75. The van der Waals surface area contributed by atoms with Gasteiger partial charge < -0.3 is 15.4 Å². The monoisotopic (exact) mass is 403 g/mol. The number of rotatable bonds is 4. The van der Waals surface area contributed by atoms with Crippen molar-refractivity contribution >= 4 is 46.3 Å². The van der Waals surface area contributed by atoms with Gasteiger partial charge in [-0.15, -0.1) is 12.4 Å². The van der Waals surface area contributed by atoms with Gasteiger partial charge in [-0.1, -0.05) is 17.7 Å². The lowest BCUT2D eigenvalue weighted by molar-refractivity contribution is 0.162. The maximum Gasteiger partial charge on any atom is 0.130 e. The van der Waals surface area contributed by atoms with E-state index in [9.17, 15) is 0 Å². The minimum absolute atomic E-state index is 0. The van der Waals surface area contributed by atoms with E-state index in [1.165, 1.54) is 0 Å². The normalized spacial score (nSPS) is 14.6. The van der Waals surface area contributed by atoms with Crippen molar-refractivity contribution in [2.75, 3.05) is 18.4 Å². The molecule has 4 rings (SSSR count). The van der Waals surface area contributed by atoms with E-state index in [1.54, 1.807) is 0 Å². The molecule has 0 unspecified atom stereocenters. The van der Waals surface area contributed by atoms with Crippen LogP contribution in [0.5, 0.6) is 5.75 Å². The van der Waals surface area contributed by atoms with Crippen molar-refractivity contribution in [2.24, 2.45) is 0 Å². The number of anilines is 2. The topological polar surface area (TPSA) is 46.2 Å². The molecule has 27 heavy (non-hydrogen) atoms. The minimum atomic E-state index is 0. The maximum absolute atomic E-state index is 6.32. The molecule has 6 heteroatoms. The van der Waals surface area contributed by atoms with Crippen LogP contribution < -0.4 is 15.4 Å². The van der Waals surface area contributed by atoms with Gasteiger partial charge in [0.25, 0.3) is 0 Å². The van der Waals surface area contributed by atoms with Gasteiger partial charge in [0.15, 0.2) is 0 Å². The van der Waals surface area contributed by atoms with E-state index < -0.39 is 0 Å². The third-order valence-corrected chi connectivity index (χ3v) is 4.98. The summed E-state index contributed by atoms with van der Waals surface area (Å²) in [7, 11) is 0. The molecule has 0 radical (unpaired) electrons. The summed E-state index contributed by atoms with van der Waals surface area (Å²) in [6, 6.07) is 14.1. The van der Waals surface area contributed by atoms with Crippen molar-refractivity contribution in [1.82, 2.24) is 10.3 Å². The number of aryl methyl sites for hydroxylation is 1. The van der Waals surface area contributed by atoms with Crippen molar-refractivity contribution in [1.29, 1.82) is 0 Å². The molecule has 1 saturated heterocycles. The van der Waals surface area contributed by atoms with E-state index in [-0.39, 0.29) is 12.4 Å². The lowest BCUT2D eigenvalue weighted by atomic mass is 10.1. The zero-order chi connectivity index (χ0) is 17.9. The Morgan fingerprint density at radius 2 is 1.89 bits per heavy atom. The van der Waals surface area contributed by atoms with Crippen LogP contribution in [-0.4, -0.2) is 24.2 Å². The Bertz CT molecular complexity index is 926. The highest BCUT2D eigenvalue weighted by molar-refractivity contribution is 6.33. The number of hydrogen-bond donors (Lipinski definition) is 2. The van der Waals surface area contributed by atoms with Crippen molar-refractivity contribution in [3.63, 3.8) is 0 Å². The molecule has 0 saturated carbocycles. The van der Waals surface area contributed by atoms with Gasteiger partial charge in [0.1, 0.15) is 17.7 Å². The van der Waals surface area contributed by atoms with Crippen LogP contribution in [0.2, 0.25) is 5.02 Å². The molecular formula is C21H23Cl2N3O. The lowest BCUT2D eigenvalue weighted by Gasteiger charge is -2.24. The van der Waals surface area contributed by atoms with Gasteiger partial charge in [-0.05, 0) is 80.2 Å². The summed E-state index contributed by atoms with van der Waals surface area (Å²) < 4.78 is 6.15. The van der Waals surface area contributed by atoms with Crippen LogP contribution in [0.1, 0.15) is 18.4 Å². The molecule has 4 nitrogen and oxygen atoms in total. The average molecular weight is 404 g/mol. The minimum Gasteiger partial charge on any atom is -0.490 e. The Morgan fingerprint density at radius 3 is 2.67 bits per heavy atom. The summed E-state index contributed by atoms with van der Waals surface area (Å²) in [5.41, 5.74) is 1.98. The lowest BCUT2D eigenvalue weighted by Crippen LogP contribution is -2.34. The zero-order valence-electron chi connectivity index (χ0n) is 15.2. The fourth-order valence-electron chi connectivity index (χ4n) is 3.23. The van der Waals surface area contributed by atoms with Crippen molar-refractivity contribution in [3.8, 4) is 5.75 Å². The molecule has 3 aromatic rings. The first-order valence-corrected chi connectivity index (χ1v) is 9.35. The Balaban J connectivity index is 0.00000210. The number of halogens is 2. The van der Waals surface area contributed by atoms with Gasteiger partial charge >= 0.3 is 0 Å². The van der Waals surface area contributed by atoms with E-state index in [4.69, 9.17) is 16.3 Å². The summed E-state index contributed by atoms with van der Waals surface area (Å²) in [5, 5.41) is 9.53. The van der Waals surface area contributed by atoms with Crippen LogP contribution in [0, 0.1) is 6.92 Å². The fraction of sp³-hybridized carbons (Fsp3) is 0.286. The highest BCUT2D eigenvalue weighted by atomic mass is 35.5. The molecule has 1 aromatic heterocycles. The number of nitrogens with one attached hydrogen (secondary N) is 2. The number of piperidine rings is 1. The molecule has 142 valence electrons. The van der Waals surface area contributed by atoms with Gasteiger partial charge in [-0.2, -0.15) is 0 Å². The second kappa shape index (κ2) is 8.79. The third-order valence-electron chi connectivity index (χ3n) is 4.67. The van der Waals surface area contributed by atoms with E-state index in [0.717, 1.165) is 59.5 Å². The number of pyridine rings is 1. The predicted octanol–water partition coefficient (Wildman–Crippen LogP) is 5.49. The zero-order valence-corrected chi connectivity index (χ0v) is 16.7. The van der Waals surface area contributed by atoms with E-state index in [2.05, 4.69) is 27.8 Å². The number of ether oxygens (including phenoxy) is 1. The molecule has 0 amide bonds. The summed E-state index contributed by atoms with van der Waals surface area (Å²) in [6.07, 6.45) is 4.26. The molecule has 2 heterocycles. The number of aromatic nitrogens is 1. The Kier molecular flexibility index (Phi) is 6.42. The molecule has 0 atom stereocenters. The first kappa shape index (κ1) is 19.7. The largest absolute Gasteiger partial charge is 0.490 e. The fourth-order valence-corrected chi connectivity index (χ4v) is 3.51. The molecule has 2 aromatic carbocycles. The molecule has 0 bridgehead atoms. The first-order valence-electron chi connectivity index (χ1n) is 8.98. The van der Waals surface area contributed by atoms with Crippen LogP contribution in [-0.2, 0) is 0 Å². The number of nitrogens with zero attached hydrogens (tertiary/aromatic N) is 1. The molecule has 1 aliphatic rings. The van der Waals surface area contributed by atoms with Crippen LogP contribution in [0.15, 0.2) is 48.7 Å². The summed E-state index contributed by atoms with van der Waals surface area (Å²) >= 11 is 6.32. The molecule has 1 aliphatic heterocycles. The molecule has 0 aliphatic carbocycles. The van der Waals surface area contributed by atoms with Gasteiger partial charge in [-0.3, -0.25) is 0 Å². The number of hydrogen-bond acceptors (Lipinski definition) is 4. The molecule has 0 spiro atoms. The van der Waals surface area contributed by atoms with E-state index >= 15 is 0 Å². The first-order chi connectivity index (χ1) is 12.7. The highest BCUT2D eigenvalue weighted by Gasteiger charge is 2.14. The standard InChI is InChI=1S/C21H22ClN3O.ClH/c1-14-2-5-20(19(22)10-14)25-21-12-16-11-18(4-3-15(16)13-24-21)26-17-6-8-23-9-7-17;/h2-5,10-13,17,23H,6-9H2,1H3,(H,24,25);1H.